The van der Waals surface area contributed by atoms with Crippen molar-refractivity contribution >= 4 is 21.2 Å². The van der Waals surface area contributed by atoms with Gasteiger partial charge in [-0.1, -0.05) is 6.07 Å². The molecule has 1 aromatic rings. The van der Waals surface area contributed by atoms with Crippen LogP contribution in [0, 0.1) is 0 Å². The third-order valence-electron chi connectivity index (χ3n) is 4.11. The van der Waals surface area contributed by atoms with E-state index in [9.17, 15) is 8.42 Å². The predicted molar refractivity (Wildman–Crippen MR) is 89.0 cm³/mol. The van der Waals surface area contributed by atoms with E-state index in [0.29, 0.717) is 13.1 Å². The van der Waals surface area contributed by atoms with Crippen molar-refractivity contribution in [3.8, 4) is 0 Å². The van der Waals surface area contributed by atoms with E-state index in [4.69, 9.17) is 4.74 Å². The zero-order valence-electron chi connectivity index (χ0n) is 12.6. The first kappa shape index (κ1) is 15.2. The molecule has 1 atom stereocenters. The fourth-order valence-electron chi connectivity index (χ4n) is 2.75. The number of ether oxygens (including phenoxy) is 1. The van der Waals surface area contributed by atoms with Crippen LogP contribution >= 0.6 is 0 Å². The number of nitrogens with one attached hydrogen (secondary N) is 1. The topological polar surface area (TPSA) is 58.6 Å². The van der Waals surface area contributed by atoms with Gasteiger partial charge >= 0.3 is 0 Å². The molecule has 1 N–H and O–H groups in total. The van der Waals surface area contributed by atoms with E-state index in [-0.39, 0.29) is 17.6 Å². The number of nitrogens with zero attached hydrogens (tertiary/aromatic N) is 1. The normalized spacial score (nSPS) is 23.8. The molecule has 1 fully saturated rings. The van der Waals surface area contributed by atoms with Crippen LogP contribution in [0.15, 0.2) is 36.6 Å². The minimum Gasteiger partial charge on any atom is -0.497 e. The standard InChI is InChI=1S/C16H22N2O3S/c19-22(20)10-7-18(8-11-22)15-5-3-4-14(12-15)17-13-16-6-1-2-9-21-16/h2-5,9,12,16-17H,1,6-8,10-11,13H2/t16-/m0/s1. The summed E-state index contributed by atoms with van der Waals surface area (Å²) in [6.07, 6.45) is 6.14. The van der Waals surface area contributed by atoms with Gasteiger partial charge in [0, 0.05) is 24.5 Å². The Labute approximate surface area is 131 Å². The number of anilines is 2. The Morgan fingerprint density at radius 1 is 1.27 bits per heavy atom. The molecule has 2 aliphatic heterocycles. The van der Waals surface area contributed by atoms with Gasteiger partial charge in [0.1, 0.15) is 6.10 Å². The number of benzene rings is 1. The van der Waals surface area contributed by atoms with Crippen molar-refractivity contribution < 1.29 is 13.2 Å². The van der Waals surface area contributed by atoms with Crippen molar-refractivity contribution in [1.82, 2.24) is 0 Å². The van der Waals surface area contributed by atoms with Gasteiger partial charge in [-0.3, -0.25) is 0 Å². The highest BCUT2D eigenvalue weighted by Gasteiger charge is 2.21. The summed E-state index contributed by atoms with van der Waals surface area (Å²) in [4.78, 5) is 2.13. The highest BCUT2D eigenvalue weighted by molar-refractivity contribution is 7.91. The molecule has 6 heteroatoms. The second-order valence-electron chi connectivity index (χ2n) is 5.78. The molecule has 22 heavy (non-hydrogen) atoms. The Morgan fingerprint density at radius 2 is 2.09 bits per heavy atom. The summed E-state index contributed by atoms with van der Waals surface area (Å²) >= 11 is 0. The van der Waals surface area contributed by atoms with Gasteiger partial charge in [0.25, 0.3) is 0 Å². The van der Waals surface area contributed by atoms with E-state index in [1.165, 1.54) is 0 Å². The third kappa shape index (κ3) is 3.94. The van der Waals surface area contributed by atoms with E-state index in [2.05, 4.69) is 16.3 Å². The fourth-order valence-corrected chi connectivity index (χ4v) is 3.95. The van der Waals surface area contributed by atoms with Crippen LogP contribution in [0.1, 0.15) is 12.8 Å². The average molecular weight is 322 g/mol. The summed E-state index contributed by atoms with van der Waals surface area (Å²) in [5.74, 6) is 0.486. The Morgan fingerprint density at radius 3 is 2.82 bits per heavy atom. The number of sulfone groups is 1. The first-order valence-corrected chi connectivity index (χ1v) is 9.54. The molecular weight excluding hydrogens is 300 g/mol. The highest BCUT2D eigenvalue weighted by atomic mass is 32.2. The molecule has 0 unspecified atom stereocenters. The number of rotatable bonds is 4. The predicted octanol–water partition coefficient (Wildman–Crippen LogP) is 2.03. The lowest BCUT2D eigenvalue weighted by atomic mass is 10.1. The number of allylic oxidation sites excluding steroid dienone is 1. The Balaban J connectivity index is 1.59. The molecule has 0 amide bonds. The molecule has 0 radical (unpaired) electrons. The zero-order valence-corrected chi connectivity index (χ0v) is 13.4. The van der Waals surface area contributed by atoms with E-state index < -0.39 is 9.84 Å². The van der Waals surface area contributed by atoms with E-state index in [0.717, 1.165) is 30.8 Å². The van der Waals surface area contributed by atoms with Gasteiger partial charge < -0.3 is 15.0 Å². The van der Waals surface area contributed by atoms with E-state index >= 15 is 0 Å². The maximum Gasteiger partial charge on any atom is 0.153 e. The minimum atomic E-state index is -2.84. The van der Waals surface area contributed by atoms with Gasteiger partial charge in [-0.2, -0.15) is 0 Å². The molecule has 0 spiro atoms. The summed E-state index contributed by atoms with van der Waals surface area (Å²) < 4.78 is 28.6. The molecule has 3 rings (SSSR count). The molecule has 0 aromatic heterocycles. The average Bonchev–Trinajstić information content (AvgIpc) is 2.54. The van der Waals surface area contributed by atoms with E-state index in [1.54, 1.807) is 6.26 Å². The van der Waals surface area contributed by atoms with Crippen molar-refractivity contribution in [2.45, 2.75) is 18.9 Å². The van der Waals surface area contributed by atoms with Crippen molar-refractivity contribution in [3.63, 3.8) is 0 Å². The fraction of sp³-hybridized carbons (Fsp3) is 0.500. The largest absolute Gasteiger partial charge is 0.497 e. The summed E-state index contributed by atoms with van der Waals surface area (Å²) in [5.41, 5.74) is 2.12. The second-order valence-corrected chi connectivity index (χ2v) is 8.08. The third-order valence-corrected chi connectivity index (χ3v) is 5.72. The summed E-state index contributed by atoms with van der Waals surface area (Å²) in [7, 11) is -2.84. The van der Waals surface area contributed by atoms with Gasteiger partial charge in [0.05, 0.1) is 24.3 Å². The van der Waals surface area contributed by atoms with Gasteiger partial charge in [0.2, 0.25) is 0 Å². The van der Waals surface area contributed by atoms with Crippen LogP contribution in [0.2, 0.25) is 0 Å². The Bertz CT molecular complexity index is 629. The molecule has 120 valence electrons. The van der Waals surface area contributed by atoms with Crippen LogP contribution in [-0.4, -0.2) is 45.7 Å². The molecular formula is C16H22N2O3S. The lowest BCUT2D eigenvalue weighted by Gasteiger charge is -2.29. The minimum absolute atomic E-state index is 0.216. The molecule has 1 aromatic carbocycles. The van der Waals surface area contributed by atoms with Gasteiger partial charge in [0.15, 0.2) is 9.84 Å². The quantitative estimate of drug-likeness (QED) is 0.919. The maximum absolute atomic E-state index is 11.5. The Hall–Kier alpha value is -1.69. The van der Waals surface area contributed by atoms with Gasteiger partial charge in [-0.25, -0.2) is 8.42 Å². The summed E-state index contributed by atoms with van der Waals surface area (Å²) in [5, 5.41) is 3.41. The van der Waals surface area contributed by atoms with Crippen molar-refractivity contribution in [2.75, 3.05) is 41.4 Å². The smallest absolute Gasteiger partial charge is 0.153 e. The van der Waals surface area contributed by atoms with Crippen molar-refractivity contribution in [3.05, 3.63) is 36.6 Å². The van der Waals surface area contributed by atoms with Crippen LogP contribution in [-0.2, 0) is 14.6 Å². The first-order valence-electron chi connectivity index (χ1n) is 7.72. The summed E-state index contributed by atoms with van der Waals surface area (Å²) in [6.45, 7) is 1.92. The van der Waals surface area contributed by atoms with Gasteiger partial charge in [-0.05, 0) is 37.1 Å². The molecule has 2 aliphatic rings. The van der Waals surface area contributed by atoms with Crippen molar-refractivity contribution in [2.24, 2.45) is 0 Å². The van der Waals surface area contributed by atoms with Gasteiger partial charge in [-0.15, -0.1) is 0 Å². The SMILES string of the molecule is O=S1(=O)CCN(c2cccc(NC[C@@H]3CCC=CO3)c2)CC1. The second kappa shape index (κ2) is 6.60. The number of hydrogen-bond donors (Lipinski definition) is 1. The molecule has 0 bridgehead atoms. The van der Waals surface area contributed by atoms with Crippen LogP contribution in [0.5, 0.6) is 0 Å². The van der Waals surface area contributed by atoms with Crippen LogP contribution in [0.3, 0.4) is 0 Å². The maximum atomic E-state index is 11.5. The molecule has 5 nitrogen and oxygen atoms in total. The zero-order chi connectivity index (χ0) is 15.4. The lowest BCUT2D eigenvalue weighted by molar-refractivity contribution is 0.135. The van der Waals surface area contributed by atoms with Crippen LogP contribution in [0.4, 0.5) is 11.4 Å². The monoisotopic (exact) mass is 322 g/mol. The lowest BCUT2D eigenvalue weighted by Crippen LogP contribution is -2.40. The number of hydrogen-bond acceptors (Lipinski definition) is 5. The molecule has 0 saturated carbocycles. The first-order chi connectivity index (χ1) is 10.6. The Kier molecular flexibility index (Phi) is 4.57. The summed E-state index contributed by atoms with van der Waals surface area (Å²) in [6, 6.07) is 8.14. The molecule has 0 aliphatic carbocycles. The van der Waals surface area contributed by atoms with Crippen molar-refractivity contribution in [1.29, 1.82) is 0 Å². The van der Waals surface area contributed by atoms with Crippen LogP contribution < -0.4 is 10.2 Å². The van der Waals surface area contributed by atoms with E-state index in [1.807, 2.05) is 24.3 Å². The van der Waals surface area contributed by atoms with Crippen LogP contribution in [0.25, 0.3) is 0 Å². The molecule has 2 heterocycles. The highest BCUT2D eigenvalue weighted by Crippen LogP contribution is 2.22. The molecule has 1 saturated heterocycles.